The zero-order chi connectivity index (χ0) is 26.8. The normalized spacial score (nSPS) is 20.8. The van der Waals surface area contributed by atoms with Crippen molar-refractivity contribution in [1.82, 2.24) is 0 Å². The molecular formula is C34H34O5. The van der Waals surface area contributed by atoms with E-state index in [4.69, 9.17) is 18.9 Å². The van der Waals surface area contributed by atoms with Crippen molar-refractivity contribution in [1.29, 1.82) is 0 Å². The predicted molar refractivity (Wildman–Crippen MR) is 150 cm³/mol. The first-order chi connectivity index (χ1) is 19.2. The van der Waals surface area contributed by atoms with E-state index in [1.807, 2.05) is 121 Å². The summed E-state index contributed by atoms with van der Waals surface area (Å²) in [6.45, 7) is 1.41. The number of hydrogen-bond acceptors (Lipinski definition) is 5. The van der Waals surface area contributed by atoms with Gasteiger partial charge in [0.25, 0.3) is 0 Å². The molecule has 1 aliphatic carbocycles. The van der Waals surface area contributed by atoms with Crippen LogP contribution in [0.15, 0.2) is 121 Å². The Balaban J connectivity index is 1.40. The highest BCUT2D eigenvalue weighted by atomic mass is 16.6. The summed E-state index contributed by atoms with van der Waals surface area (Å²) < 4.78 is 25.6. The number of ether oxygens (including phenoxy) is 4. The molecule has 39 heavy (non-hydrogen) atoms. The van der Waals surface area contributed by atoms with Gasteiger partial charge in [0, 0.05) is 6.42 Å². The Kier molecular flexibility index (Phi) is 9.30. The molecule has 1 saturated carbocycles. The van der Waals surface area contributed by atoms with E-state index in [0.29, 0.717) is 19.8 Å². The summed E-state index contributed by atoms with van der Waals surface area (Å²) in [5.74, 6) is -0.0670. The fourth-order valence-corrected chi connectivity index (χ4v) is 4.90. The van der Waals surface area contributed by atoms with Gasteiger partial charge in [-0.15, -0.1) is 0 Å². The van der Waals surface area contributed by atoms with E-state index in [2.05, 4.69) is 0 Å². The van der Waals surface area contributed by atoms with E-state index in [1.165, 1.54) is 0 Å². The van der Waals surface area contributed by atoms with Crippen LogP contribution in [0.4, 0.5) is 0 Å². The molecular weight excluding hydrogens is 488 g/mol. The second-order valence-corrected chi connectivity index (χ2v) is 9.82. The predicted octanol–water partition coefficient (Wildman–Crippen LogP) is 6.30. The average Bonchev–Trinajstić information content (AvgIpc) is 3.26. The van der Waals surface area contributed by atoms with Gasteiger partial charge >= 0.3 is 0 Å². The fourth-order valence-electron chi connectivity index (χ4n) is 4.90. The zero-order valence-corrected chi connectivity index (χ0v) is 22.0. The molecule has 3 atom stereocenters. The molecule has 0 bridgehead atoms. The van der Waals surface area contributed by atoms with Crippen molar-refractivity contribution in [3.8, 4) is 0 Å². The Labute approximate surface area is 230 Å². The molecule has 5 rings (SSSR count). The smallest absolute Gasteiger partial charge is 0.178 e. The number of carbonyl (C=O) groups excluding carboxylic acids is 1. The van der Waals surface area contributed by atoms with Gasteiger partial charge in [-0.3, -0.25) is 4.79 Å². The number of Topliss-reactive ketones (excluding diaryl/α,β-unsaturated/α-hetero) is 1. The third kappa shape index (κ3) is 7.08. The van der Waals surface area contributed by atoms with Gasteiger partial charge in [0.05, 0.1) is 39.1 Å². The number of rotatable bonds is 13. The number of benzene rings is 4. The van der Waals surface area contributed by atoms with Crippen LogP contribution in [0.25, 0.3) is 0 Å². The molecule has 200 valence electrons. The largest absolute Gasteiger partial charge is 0.373 e. The second-order valence-electron chi connectivity index (χ2n) is 9.82. The van der Waals surface area contributed by atoms with E-state index >= 15 is 0 Å². The van der Waals surface area contributed by atoms with Gasteiger partial charge in [0.15, 0.2) is 11.4 Å². The molecule has 0 aliphatic heterocycles. The quantitative estimate of drug-likeness (QED) is 0.206. The maximum Gasteiger partial charge on any atom is 0.178 e. The highest BCUT2D eigenvalue weighted by molar-refractivity contribution is 5.91. The van der Waals surface area contributed by atoms with Crippen LogP contribution in [0, 0.1) is 0 Å². The van der Waals surface area contributed by atoms with Crippen molar-refractivity contribution in [3.63, 3.8) is 0 Å². The van der Waals surface area contributed by atoms with E-state index in [0.717, 1.165) is 22.3 Å². The first-order valence-electron chi connectivity index (χ1n) is 13.4. The van der Waals surface area contributed by atoms with Crippen molar-refractivity contribution >= 4 is 5.78 Å². The van der Waals surface area contributed by atoms with E-state index in [1.54, 1.807) is 0 Å². The topological polar surface area (TPSA) is 54.0 Å². The van der Waals surface area contributed by atoms with Crippen LogP contribution in [0.3, 0.4) is 0 Å². The highest BCUT2D eigenvalue weighted by Crippen LogP contribution is 2.37. The molecule has 0 radical (unpaired) electrons. The van der Waals surface area contributed by atoms with E-state index in [9.17, 15) is 4.79 Å². The Morgan fingerprint density at radius 1 is 0.564 bits per heavy atom. The molecule has 1 fully saturated rings. The van der Waals surface area contributed by atoms with Crippen LogP contribution >= 0.6 is 0 Å². The molecule has 0 heterocycles. The molecule has 4 aromatic rings. The highest BCUT2D eigenvalue weighted by Gasteiger charge is 2.58. The van der Waals surface area contributed by atoms with Gasteiger partial charge in [-0.2, -0.15) is 0 Å². The lowest BCUT2D eigenvalue weighted by molar-refractivity contribution is -0.197. The van der Waals surface area contributed by atoms with Gasteiger partial charge in [-0.25, -0.2) is 0 Å². The lowest BCUT2D eigenvalue weighted by atomic mass is 9.98. The Bertz CT molecular complexity index is 1280. The summed E-state index contributed by atoms with van der Waals surface area (Å²) in [7, 11) is 0. The molecule has 4 aromatic carbocycles. The molecule has 5 nitrogen and oxygen atoms in total. The molecule has 5 heteroatoms. The van der Waals surface area contributed by atoms with Crippen LogP contribution in [0.5, 0.6) is 0 Å². The van der Waals surface area contributed by atoms with Crippen LogP contribution in [0.2, 0.25) is 0 Å². The summed E-state index contributed by atoms with van der Waals surface area (Å²) in [6.07, 6.45) is -0.929. The van der Waals surface area contributed by atoms with Crippen molar-refractivity contribution in [2.45, 2.75) is 50.7 Å². The number of hydrogen-bond donors (Lipinski definition) is 0. The van der Waals surface area contributed by atoms with Gasteiger partial charge in [0.1, 0.15) is 6.10 Å². The van der Waals surface area contributed by atoms with Gasteiger partial charge in [0.2, 0.25) is 0 Å². The first-order valence-corrected chi connectivity index (χ1v) is 13.4. The third-order valence-electron chi connectivity index (χ3n) is 7.00. The van der Waals surface area contributed by atoms with Crippen LogP contribution in [-0.2, 0) is 50.2 Å². The molecule has 0 unspecified atom stereocenters. The monoisotopic (exact) mass is 522 g/mol. The molecule has 0 saturated heterocycles. The molecule has 0 spiro atoms. The Morgan fingerprint density at radius 3 is 1.51 bits per heavy atom. The minimum absolute atomic E-state index is 0.0670. The van der Waals surface area contributed by atoms with Crippen molar-refractivity contribution < 1.29 is 23.7 Å². The Hall–Kier alpha value is -3.61. The average molecular weight is 523 g/mol. The summed E-state index contributed by atoms with van der Waals surface area (Å²) in [5, 5.41) is 0. The van der Waals surface area contributed by atoms with Crippen LogP contribution < -0.4 is 0 Å². The lowest BCUT2D eigenvalue weighted by Crippen LogP contribution is -2.53. The van der Waals surface area contributed by atoms with Gasteiger partial charge in [-0.05, 0) is 22.3 Å². The maximum atomic E-state index is 13.8. The SMILES string of the molecule is O=C1C[C@@H](OCc2ccccc2)[C@H](OCc2ccccc2)[C@]1(COCc1ccccc1)OCc1ccccc1. The van der Waals surface area contributed by atoms with Crippen LogP contribution in [0.1, 0.15) is 28.7 Å². The molecule has 0 amide bonds. The third-order valence-corrected chi connectivity index (χ3v) is 7.00. The molecule has 1 aliphatic rings. The van der Waals surface area contributed by atoms with Crippen molar-refractivity contribution in [2.75, 3.05) is 6.61 Å². The van der Waals surface area contributed by atoms with E-state index in [-0.39, 0.29) is 25.4 Å². The fraction of sp³-hybridized carbons (Fsp3) is 0.265. The molecule has 0 N–H and O–H groups in total. The summed E-state index contributed by atoms with van der Waals surface area (Å²) >= 11 is 0. The van der Waals surface area contributed by atoms with Crippen LogP contribution in [-0.4, -0.2) is 30.2 Å². The second kappa shape index (κ2) is 13.5. The summed E-state index contributed by atoms with van der Waals surface area (Å²) in [4.78, 5) is 13.8. The number of carbonyl (C=O) groups is 1. The van der Waals surface area contributed by atoms with Crippen molar-refractivity contribution in [3.05, 3.63) is 144 Å². The minimum Gasteiger partial charge on any atom is -0.373 e. The Morgan fingerprint density at radius 2 is 1.00 bits per heavy atom. The van der Waals surface area contributed by atoms with E-state index < -0.39 is 17.8 Å². The standard InChI is InChI=1S/C34H34O5/c35-32-21-31(37-23-28-15-7-2-8-16-28)33(38-24-29-17-9-3-10-18-29)34(32,39-25-30-19-11-4-12-20-30)26-36-22-27-13-5-1-6-14-27/h1-20,31,33H,21-26H2/t31-,33+,34-/m1/s1. The maximum absolute atomic E-state index is 13.8. The van der Waals surface area contributed by atoms with Gasteiger partial charge < -0.3 is 18.9 Å². The minimum atomic E-state index is -1.30. The zero-order valence-electron chi connectivity index (χ0n) is 22.0. The molecule has 0 aromatic heterocycles. The summed E-state index contributed by atoms with van der Waals surface area (Å²) in [5.41, 5.74) is 2.75. The van der Waals surface area contributed by atoms with Crippen molar-refractivity contribution in [2.24, 2.45) is 0 Å². The van der Waals surface area contributed by atoms with Gasteiger partial charge in [-0.1, -0.05) is 121 Å². The number of ketones is 1. The first kappa shape index (κ1) is 27.0. The summed E-state index contributed by atoms with van der Waals surface area (Å²) in [6, 6.07) is 39.7. The lowest BCUT2D eigenvalue weighted by Gasteiger charge is -2.35.